The summed E-state index contributed by atoms with van der Waals surface area (Å²) in [6.45, 7) is 5.48. The first-order valence-corrected chi connectivity index (χ1v) is 8.45. The van der Waals surface area contributed by atoms with Crippen LogP contribution in [-0.2, 0) is 11.2 Å². The van der Waals surface area contributed by atoms with Crippen LogP contribution in [0.5, 0.6) is 5.75 Å². The van der Waals surface area contributed by atoms with Crippen molar-refractivity contribution in [2.24, 2.45) is 11.1 Å². The monoisotopic (exact) mass is 320 g/mol. The fraction of sp³-hybridized carbons (Fsp3) is 0.632. The molecule has 1 aromatic carbocycles. The topological polar surface area (TPSA) is 55.6 Å². The summed E-state index contributed by atoms with van der Waals surface area (Å²) >= 11 is 0. The molecule has 0 heterocycles. The highest BCUT2D eigenvalue weighted by Crippen LogP contribution is 2.16. The van der Waals surface area contributed by atoms with Gasteiger partial charge in [-0.1, -0.05) is 32.4 Å². The van der Waals surface area contributed by atoms with Gasteiger partial charge < -0.3 is 15.4 Å². The van der Waals surface area contributed by atoms with E-state index in [0.717, 1.165) is 31.4 Å². The molecule has 4 heteroatoms. The van der Waals surface area contributed by atoms with Crippen molar-refractivity contribution in [2.45, 2.75) is 46.0 Å². The van der Waals surface area contributed by atoms with E-state index < -0.39 is 0 Å². The number of carbonyl (C=O) groups is 1. The first-order valence-electron chi connectivity index (χ1n) is 8.45. The Hall–Kier alpha value is -1.55. The minimum absolute atomic E-state index is 0.0151. The van der Waals surface area contributed by atoms with E-state index in [1.807, 2.05) is 24.1 Å². The maximum Gasteiger partial charge on any atom is 0.222 e. The molecule has 4 nitrogen and oxygen atoms in total. The number of unbranched alkanes of at least 4 members (excludes halogenated alkanes) is 2. The smallest absolute Gasteiger partial charge is 0.222 e. The lowest BCUT2D eigenvalue weighted by atomic mass is 9.93. The predicted octanol–water partition coefficient (Wildman–Crippen LogP) is 3.24. The first-order chi connectivity index (χ1) is 10.9. The zero-order valence-corrected chi connectivity index (χ0v) is 15.1. The molecule has 0 aromatic heterocycles. The summed E-state index contributed by atoms with van der Waals surface area (Å²) in [4.78, 5) is 13.9. The molecule has 130 valence electrons. The van der Waals surface area contributed by atoms with Crippen molar-refractivity contribution in [1.82, 2.24) is 4.90 Å². The van der Waals surface area contributed by atoms with Crippen LogP contribution in [0.25, 0.3) is 0 Å². The number of ether oxygens (including phenoxy) is 1. The van der Waals surface area contributed by atoms with Crippen LogP contribution in [0.4, 0.5) is 0 Å². The Kier molecular flexibility index (Phi) is 8.10. The molecule has 0 bridgehead atoms. The quantitative estimate of drug-likeness (QED) is 0.673. The van der Waals surface area contributed by atoms with E-state index in [9.17, 15) is 4.79 Å². The van der Waals surface area contributed by atoms with Gasteiger partial charge >= 0.3 is 0 Å². The van der Waals surface area contributed by atoms with Gasteiger partial charge in [-0.2, -0.15) is 0 Å². The summed E-state index contributed by atoms with van der Waals surface area (Å²) in [6, 6.07) is 8.19. The molecule has 0 saturated carbocycles. The highest BCUT2D eigenvalue weighted by molar-refractivity contribution is 5.75. The average Bonchev–Trinajstić information content (AvgIpc) is 2.54. The second-order valence-corrected chi connectivity index (χ2v) is 7.03. The van der Waals surface area contributed by atoms with Gasteiger partial charge in [-0.05, 0) is 48.9 Å². The summed E-state index contributed by atoms with van der Waals surface area (Å²) < 4.78 is 5.15. The normalized spacial score (nSPS) is 11.3. The van der Waals surface area contributed by atoms with E-state index in [4.69, 9.17) is 10.5 Å². The van der Waals surface area contributed by atoms with Gasteiger partial charge in [-0.3, -0.25) is 4.79 Å². The molecule has 1 aromatic rings. The summed E-state index contributed by atoms with van der Waals surface area (Å²) in [5, 5.41) is 0. The molecule has 0 spiro atoms. The highest BCUT2D eigenvalue weighted by Gasteiger charge is 2.20. The predicted molar refractivity (Wildman–Crippen MR) is 95.6 cm³/mol. The molecular formula is C19H32N2O2. The van der Waals surface area contributed by atoms with Crippen LogP contribution < -0.4 is 10.5 Å². The van der Waals surface area contributed by atoms with E-state index in [1.165, 1.54) is 5.56 Å². The number of hydrogen-bond acceptors (Lipinski definition) is 3. The third kappa shape index (κ3) is 7.51. The van der Waals surface area contributed by atoms with Crippen molar-refractivity contribution in [3.8, 4) is 5.75 Å². The lowest BCUT2D eigenvalue weighted by molar-refractivity contribution is -0.131. The van der Waals surface area contributed by atoms with Gasteiger partial charge in [0.1, 0.15) is 5.75 Å². The van der Waals surface area contributed by atoms with Crippen molar-refractivity contribution in [3.63, 3.8) is 0 Å². The third-order valence-electron chi connectivity index (χ3n) is 4.16. The molecule has 2 N–H and O–H groups in total. The zero-order valence-electron chi connectivity index (χ0n) is 15.1. The maximum absolute atomic E-state index is 12.1. The van der Waals surface area contributed by atoms with Crippen LogP contribution in [0.15, 0.2) is 24.3 Å². The minimum atomic E-state index is -0.0151. The van der Waals surface area contributed by atoms with E-state index in [1.54, 1.807) is 7.11 Å². The van der Waals surface area contributed by atoms with Crippen molar-refractivity contribution in [2.75, 3.05) is 27.2 Å². The molecule has 0 atom stereocenters. The lowest BCUT2D eigenvalue weighted by Crippen LogP contribution is -2.39. The Labute approximate surface area is 141 Å². The van der Waals surface area contributed by atoms with Crippen LogP contribution in [-0.4, -0.2) is 38.1 Å². The van der Waals surface area contributed by atoms with E-state index in [-0.39, 0.29) is 11.3 Å². The van der Waals surface area contributed by atoms with E-state index in [2.05, 4.69) is 26.0 Å². The molecule has 0 unspecified atom stereocenters. The molecule has 0 fully saturated rings. The summed E-state index contributed by atoms with van der Waals surface area (Å²) in [6.07, 6.45) is 4.81. The number of methoxy groups -OCH3 is 1. The van der Waals surface area contributed by atoms with E-state index >= 15 is 0 Å². The summed E-state index contributed by atoms with van der Waals surface area (Å²) in [7, 11) is 3.55. The largest absolute Gasteiger partial charge is 0.497 e. The highest BCUT2D eigenvalue weighted by atomic mass is 16.5. The summed E-state index contributed by atoms with van der Waals surface area (Å²) in [5.74, 6) is 1.11. The van der Waals surface area contributed by atoms with Gasteiger partial charge in [0.2, 0.25) is 5.91 Å². The average molecular weight is 320 g/mol. The number of amides is 1. The van der Waals surface area contributed by atoms with Crippen LogP contribution in [0.3, 0.4) is 0 Å². The van der Waals surface area contributed by atoms with Crippen molar-refractivity contribution in [3.05, 3.63) is 29.8 Å². The molecule has 1 amide bonds. The van der Waals surface area contributed by atoms with Gasteiger partial charge in [-0.15, -0.1) is 0 Å². The van der Waals surface area contributed by atoms with Crippen molar-refractivity contribution >= 4 is 5.91 Å². The van der Waals surface area contributed by atoms with Crippen LogP contribution in [0.2, 0.25) is 0 Å². The summed E-state index contributed by atoms with van der Waals surface area (Å²) in [5.41, 5.74) is 7.03. The third-order valence-corrected chi connectivity index (χ3v) is 4.16. The first kappa shape index (κ1) is 19.5. The molecule has 0 aliphatic carbocycles. The number of hydrogen-bond donors (Lipinski definition) is 1. The Balaban J connectivity index is 2.19. The van der Waals surface area contributed by atoms with Gasteiger partial charge in [-0.25, -0.2) is 0 Å². The molecular weight excluding hydrogens is 288 g/mol. The number of aryl methyl sites for hydroxylation is 1. The minimum Gasteiger partial charge on any atom is -0.497 e. The Bertz CT molecular complexity index is 469. The Morgan fingerprint density at radius 1 is 1.17 bits per heavy atom. The molecule has 0 radical (unpaired) electrons. The van der Waals surface area contributed by atoms with Crippen LogP contribution >= 0.6 is 0 Å². The Morgan fingerprint density at radius 2 is 1.83 bits per heavy atom. The molecule has 0 saturated heterocycles. The fourth-order valence-corrected chi connectivity index (χ4v) is 2.56. The van der Waals surface area contributed by atoms with Crippen LogP contribution in [0.1, 0.15) is 45.1 Å². The lowest BCUT2D eigenvalue weighted by Gasteiger charge is -2.29. The second-order valence-electron chi connectivity index (χ2n) is 7.03. The number of benzene rings is 1. The number of carbonyl (C=O) groups excluding carboxylic acids is 1. The maximum atomic E-state index is 12.1. The van der Waals surface area contributed by atoms with Crippen LogP contribution in [0, 0.1) is 5.41 Å². The van der Waals surface area contributed by atoms with Gasteiger partial charge in [0.25, 0.3) is 0 Å². The Morgan fingerprint density at radius 3 is 2.39 bits per heavy atom. The standard InChI is InChI=1S/C19H32N2O2/c1-19(2,14-20)15-21(3)18(22)9-7-5-6-8-16-10-12-17(23-4)13-11-16/h10-13H,5-9,14-15,20H2,1-4H3. The SMILES string of the molecule is COc1ccc(CCCCCC(=O)N(C)CC(C)(C)CN)cc1. The molecule has 0 aliphatic rings. The van der Waals surface area contributed by atoms with Crippen molar-refractivity contribution in [1.29, 1.82) is 0 Å². The zero-order chi connectivity index (χ0) is 17.3. The fourth-order valence-electron chi connectivity index (χ4n) is 2.56. The molecule has 1 rings (SSSR count). The van der Waals surface area contributed by atoms with E-state index in [0.29, 0.717) is 19.5 Å². The van der Waals surface area contributed by atoms with Gasteiger partial charge in [0.15, 0.2) is 0 Å². The molecule has 0 aliphatic heterocycles. The van der Waals surface area contributed by atoms with Crippen molar-refractivity contribution < 1.29 is 9.53 Å². The number of nitrogens with two attached hydrogens (primary N) is 1. The second kappa shape index (κ2) is 9.56. The molecule has 23 heavy (non-hydrogen) atoms. The van der Waals surface area contributed by atoms with Gasteiger partial charge in [0.05, 0.1) is 7.11 Å². The number of nitrogens with zero attached hydrogens (tertiary/aromatic N) is 1. The number of rotatable bonds is 10. The van der Waals surface area contributed by atoms with Gasteiger partial charge in [0, 0.05) is 20.0 Å².